The number of nitrogens with one attached hydrogen (secondary N) is 3. The summed E-state index contributed by atoms with van der Waals surface area (Å²) in [6, 6.07) is 15.8. The molecule has 0 fully saturated rings. The fraction of sp³-hybridized carbons (Fsp3) is 0.364. The first kappa shape index (κ1) is 21.3. The Morgan fingerprint density at radius 3 is 2.50 bits per heavy atom. The number of rotatable bonds is 9. The van der Waals surface area contributed by atoms with Gasteiger partial charge in [-0.05, 0) is 49.1 Å². The van der Waals surface area contributed by atoms with Crippen molar-refractivity contribution in [3.05, 3.63) is 65.2 Å². The van der Waals surface area contributed by atoms with Crippen LogP contribution >= 0.6 is 0 Å². The molecule has 0 aliphatic heterocycles. The van der Waals surface area contributed by atoms with Crippen LogP contribution in [0.25, 0.3) is 0 Å². The predicted molar refractivity (Wildman–Crippen MR) is 114 cm³/mol. The van der Waals surface area contributed by atoms with Gasteiger partial charge in [-0.25, -0.2) is 0 Å². The summed E-state index contributed by atoms with van der Waals surface area (Å²) in [5.41, 5.74) is 2.96. The van der Waals surface area contributed by atoms with E-state index in [2.05, 4.69) is 27.0 Å². The topological polar surface area (TPSA) is 74.8 Å². The van der Waals surface area contributed by atoms with Crippen LogP contribution in [0.5, 0.6) is 5.75 Å². The maximum Gasteiger partial charge on any atom is 0.251 e. The van der Waals surface area contributed by atoms with E-state index in [0.717, 1.165) is 43.2 Å². The fourth-order valence-electron chi connectivity index (χ4n) is 2.88. The summed E-state index contributed by atoms with van der Waals surface area (Å²) >= 11 is 0. The van der Waals surface area contributed by atoms with E-state index in [1.54, 1.807) is 14.1 Å². The number of carbonyl (C=O) groups is 1. The number of hydrogen-bond donors (Lipinski definition) is 3. The largest absolute Gasteiger partial charge is 0.494 e. The summed E-state index contributed by atoms with van der Waals surface area (Å²) in [5.74, 6) is 1.63. The highest BCUT2D eigenvalue weighted by Crippen LogP contribution is 2.17. The highest BCUT2D eigenvalue weighted by Gasteiger charge is 2.05. The molecule has 1 amide bonds. The van der Waals surface area contributed by atoms with E-state index in [1.165, 1.54) is 5.56 Å². The average molecular weight is 383 g/mol. The summed E-state index contributed by atoms with van der Waals surface area (Å²) in [6.07, 6.45) is 1.66. The Bertz CT molecular complexity index is 790. The average Bonchev–Trinajstić information content (AvgIpc) is 2.73. The Morgan fingerprint density at radius 1 is 1.04 bits per heavy atom. The number of guanidine groups is 1. The van der Waals surface area contributed by atoms with Gasteiger partial charge in [0, 0.05) is 32.7 Å². The summed E-state index contributed by atoms with van der Waals surface area (Å²) in [7, 11) is 3.40. The van der Waals surface area contributed by atoms with Crippen LogP contribution in [0.3, 0.4) is 0 Å². The summed E-state index contributed by atoms with van der Waals surface area (Å²) in [6.45, 7) is 4.14. The van der Waals surface area contributed by atoms with Crippen LogP contribution in [0.4, 0.5) is 0 Å². The van der Waals surface area contributed by atoms with E-state index in [1.807, 2.05) is 49.4 Å². The second kappa shape index (κ2) is 11.6. The molecular weight excluding hydrogens is 352 g/mol. The monoisotopic (exact) mass is 382 g/mol. The molecule has 0 saturated heterocycles. The van der Waals surface area contributed by atoms with Crippen LogP contribution in [-0.4, -0.2) is 45.7 Å². The maximum atomic E-state index is 11.7. The molecule has 2 aromatic rings. The molecule has 0 aromatic heterocycles. The SMILES string of the molecule is CCOc1ccccc1CCNC(=NC)NCCc1cccc(C(=O)NC)c1. The van der Waals surface area contributed by atoms with Gasteiger partial charge in [-0.1, -0.05) is 30.3 Å². The third-order valence-electron chi connectivity index (χ3n) is 4.31. The lowest BCUT2D eigenvalue weighted by Crippen LogP contribution is -2.39. The molecule has 3 N–H and O–H groups in total. The van der Waals surface area contributed by atoms with Crippen molar-refractivity contribution in [2.24, 2.45) is 4.99 Å². The molecule has 0 unspecified atom stereocenters. The van der Waals surface area contributed by atoms with Crippen molar-refractivity contribution in [3.8, 4) is 5.75 Å². The van der Waals surface area contributed by atoms with Gasteiger partial charge in [0.15, 0.2) is 5.96 Å². The van der Waals surface area contributed by atoms with Crippen molar-refractivity contribution in [2.45, 2.75) is 19.8 Å². The molecule has 6 nitrogen and oxygen atoms in total. The maximum absolute atomic E-state index is 11.7. The van der Waals surface area contributed by atoms with E-state index < -0.39 is 0 Å². The van der Waals surface area contributed by atoms with E-state index in [4.69, 9.17) is 4.74 Å². The van der Waals surface area contributed by atoms with Gasteiger partial charge < -0.3 is 20.7 Å². The van der Waals surface area contributed by atoms with Crippen molar-refractivity contribution < 1.29 is 9.53 Å². The minimum Gasteiger partial charge on any atom is -0.494 e. The Hall–Kier alpha value is -3.02. The number of para-hydroxylation sites is 1. The first-order valence-corrected chi connectivity index (χ1v) is 9.64. The van der Waals surface area contributed by atoms with Crippen molar-refractivity contribution in [1.82, 2.24) is 16.0 Å². The molecule has 2 aromatic carbocycles. The Balaban J connectivity index is 1.79. The van der Waals surface area contributed by atoms with Gasteiger partial charge in [-0.15, -0.1) is 0 Å². The zero-order chi connectivity index (χ0) is 20.2. The summed E-state index contributed by atoms with van der Waals surface area (Å²) < 4.78 is 5.67. The number of benzene rings is 2. The van der Waals surface area contributed by atoms with Crippen molar-refractivity contribution >= 4 is 11.9 Å². The molecule has 2 rings (SSSR count). The van der Waals surface area contributed by atoms with Gasteiger partial charge in [0.2, 0.25) is 0 Å². The first-order valence-electron chi connectivity index (χ1n) is 9.64. The minimum absolute atomic E-state index is 0.0698. The van der Waals surface area contributed by atoms with Gasteiger partial charge in [-0.3, -0.25) is 9.79 Å². The fourth-order valence-corrected chi connectivity index (χ4v) is 2.88. The summed E-state index contributed by atoms with van der Waals surface area (Å²) in [5, 5.41) is 9.29. The van der Waals surface area contributed by atoms with Gasteiger partial charge in [0.1, 0.15) is 5.75 Å². The van der Waals surface area contributed by atoms with Gasteiger partial charge in [0.25, 0.3) is 5.91 Å². The molecule has 0 radical (unpaired) electrons. The second-order valence-electron chi connectivity index (χ2n) is 6.25. The lowest BCUT2D eigenvalue weighted by atomic mass is 10.1. The zero-order valence-corrected chi connectivity index (χ0v) is 16.9. The predicted octanol–water partition coefficient (Wildman–Crippen LogP) is 2.40. The molecule has 0 saturated carbocycles. The number of amides is 1. The number of hydrogen-bond acceptors (Lipinski definition) is 3. The van der Waals surface area contributed by atoms with E-state index in [0.29, 0.717) is 12.2 Å². The number of carbonyl (C=O) groups excluding carboxylic acids is 1. The Labute approximate surface area is 167 Å². The minimum atomic E-state index is -0.0698. The molecule has 6 heteroatoms. The molecule has 0 heterocycles. The van der Waals surface area contributed by atoms with Gasteiger partial charge >= 0.3 is 0 Å². The van der Waals surface area contributed by atoms with Crippen LogP contribution in [0.2, 0.25) is 0 Å². The lowest BCUT2D eigenvalue weighted by Gasteiger charge is -2.14. The quantitative estimate of drug-likeness (QED) is 0.460. The molecular formula is C22H30N4O2. The van der Waals surface area contributed by atoms with Crippen LogP contribution in [0.1, 0.15) is 28.4 Å². The highest BCUT2D eigenvalue weighted by molar-refractivity contribution is 5.94. The lowest BCUT2D eigenvalue weighted by molar-refractivity contribution is 0.0963. The molecule has 0 spiro atoms. The third-order valence-corrected chi connectivity index (χ3v) is 4.31. The number of aliphatic imine (C=N–C) groups is 1. The third kappa shape index (κ3) is 6.61. The Kier molecular flexibility index (Phi) is 8.85. The number of ether oxygens (including phenoxy) is 1. The number of nitrogens with zero attached hydrogens (tertiary/aromatic N) is 1. The van der Waals surface area contributed by atoms with Gasteiger partial charge in [0.05, 0.1) is 6.61 Å². The van der Waals surface area contributed by atoms with Gasteiger partial charge in [-0.2, -0.15) is 0 Å². The van der Waals surface area contributed by atoms with E-state index in [-0.39, 0.29) is 5.91 Å². The Morgan fingerprint density at radius 2 is 1.79 bits per heavy atom. The van der Waals surface area contributed by atoms with Crippen LogP contribution in [0.15, 0.2) is 53.5 Å². The van der Waals surface area contributed by atoms with E-state index in [9.17, 15) is 4.79 Å². The first-order chi connectivity index (χ1) is 13.7. The molecule has 0 bridgehead atoms. The van der Waals surface area contributed by atoms with Crippen molar-refractivity contribution in [2.75, 3.05) is 33.8 Å². The van der Waals surface area contributed by atoms with Crippen LogP contribution < -0.4 is 20.7 Å². The molecule has 0 aliphatic carbocycles. The van der Waals surface area contributed by atoms with Crippen LogP contribution in [-0.2, 0) is 12.8 Å². The van der Waals surface area contributed by atoms with Crippen molar-refractivity contribution in [1.29, 1.82) is 0 Å². The summed E-state index contributed by atoms with van der Waals surface area (Å²) in [4.78, 5) is 16.0. The van der Waals surface area contributed by atoms with E-state index >= 15 is 0 Å². The zero-order valence-electron chi connectivity index (χ0n) is 16.9. The molecule has 28 heavy (non-hydrogen) atoms. The smallest absolute Gasteiger partial charge is 0.251 e. The van der Waals surface area contributed by atoms with Crippen molar-refractivity contribution in [3.63, 3.8) is 0 Å². The standard InChI is InChI=1S/C22H30N4O2/c1-4-28-20-11-6-5-9-18(20)13-15-26-22(24-3)25-14-12-17-8-7-10-19(16-17)21(27)23-2/h5-11,16H,4,12-15H2,1-3H3,(H,23,27)(H2,24,25,26). The highest BCUT2D eigenvalue weighted by atomic mass is 16.5. The normalized spacial score (nSPS) is 11.0. The molecule has 150 valence electrons. The molecule has 0 atom stereocenters. The second-order valence-corrected chi connectivity index (χ2v) is 6.25. The van der Waals surface area contributed by atoms with Crippen LogP contribution in [0, 0.1) is 0 Å². The molecule has 0 aliphatic rings.